The summed E-state index contributed by atoms with van der Waals surface area (Å²) in [5.74, 6) is 0.243. The molecule has 10 heteroatoms. The van der Waals surface area contributed by atoms with E-state index in [1.807, 2.05) is 32.0 Å². The van der Waals surface area contributed by atoms with Crippen LogP contribution in [0.15, 0.2) is 65.6 Å². The van der Waals surface area contributed by atoms with E-state index >= 15 is 0 Å². The average molecular weight is 571 g/mol. The van der Waals surface area contributed by atoms with Crippen LogP contribution in [0.4, 0.5) is 10.5 Å². The highest BCUT2D eigenvalue weighted by Gasteiger charge is 2.35. The molecule has 0 aliphatic carbocycles. The van der Waals surface area contributed by atoms with Crippen LogP contribution in [0.25, 0.3) is 6.08 Å². The number of anilines is 1. The van der Waals surface area contributed by atoms with Gasteiger partial charge in [-0.15, -0.1) is 0 Å². The second-order valence-electron chi connectivity index (χ2n) is 8.48. The Labute approximate surface area is 234 Å². The summed E-state index contributed by atoms with van der Waals surface area (Å²) in [6, 6.07) is 17.4. The molecule has 3 amide bonds. The number of carbonyl (C=O) groups excluding carboxylic acids is 3. The molecule has 3 aromatic rings. The standard InChI is InChI=1S/C28H24Cl2N2O5S/c1-17-3-4-18(2)24(13-17)36-12-11-32-27(34)25(38-28(32)35)15-19-14-21(30)7-10-23(19)37-16-26(33)31-22-8-5-20(29)6-9-22/h3-10,13-15H,11-12,16H2,1-2H3,(H,31,33)/b25-15-. The van der Waals surface area contributed by atoms with Crippen molar-refractivity contribution in [2.75, 3.05) is 25.1 Å². The lowest BCUT2D eigenvalue weighted by atomic mass is 10.1. The van der Waals surface area contributed by atoms with E-state index in [9.17, 15) is 14.4 Å². The van der Waals surface area contributed by atoms with E-state index in [0.717, 1.165) is 27.8 Å². The number of benzene rings is 3. The van der Waals surface area contributed by atoms with Crippen LogP contribution in [-0.2, 0) is 9.59 Å². The summed E-state index contributed by atoms with van der Waals surface area (Å²) in [5, 5.41) is 3.29. The van der Waals surface area contributed by atoms with Gasteiger partial charge in [-0.1, -0.05) is 35.3 Å². The Bertz CT molecular complexity index is 1410. The van der Waals surface area contributed by atoms with Gasteiger partial charge in [-0.3, -0.25) is 19.3 Å². The molecule has 0 atom stereocenters. The van der Waals surface area contributed by atoms with Crippen LogP contribution in [0.3, 0.4) is 0 Å². The SMILES string of the molecule is Cc1ccc(C)c(OCCN2C(=O)S/C(=C\c3cc(Cl)ccc3OCC(=O)Nc3ccc(Cl)cc3)C2=O)c1. The lowest BCUT2D eigenvalue weighted by molar-refractivity contribution is -0.123. The molecule has 1 N–H and O–H groups in total. The molecule has 0 aromatic heterocycles. The molecule has 3 aromatic carbocycles. The molecular weight excluding hydrogens is 547 g/mol. The molecule has 7 nitrogen and oxygen atoms in total. The summed E-state index contributed by atoms with van der Waals surface area (Å²) in [7, 11) is 0. The third-order valence-electron chi connectivity index (χ3n) is 5.53. The van der Waals surface area contributed by atoms with E-state index in [1.165, 1.54) is 6.08 Å². The highest BCUT2D eigenvalue weighted by atomic mass is 35.5. The van der Waals surface area contributed by atoms with Gasteiger partial charge >= 0.3 is 0 Å². The van der Waals surface area contributed by atoms with Crippen LogP contribution in [0.1, 0.15) is 16.7 Å². The minimum absolute atomic E-state index is 0.110. The number of thioether (sulfide) groups is 1. The number of amides is 3. The van der Waals surface area contributed by atoms with Crippen LogP contribution >= 0.6 is 35.0 Å². The molecule has 38 heavy (non-hydrogen) atoms. The Morgan fingerprint density at radius 2 is 1.68 bits per heavy atom. The fourth-order valence-electron chi connectivity index (χ4n) is 3.58. The first-order valence-electron chi connectivity index (χ1n) is 11.6. The molecule has 0 saturated carbocycles. The monoisotopic (exact) mass is 570 g/mol. The first-order valence-corrected chi connectivity index (χ1v) is 13.2. The van der Waals surface area contributed by atoms with E-state index in [0.29, 0.717) is 32.8 Å². The maximum absolute atomic E-state index is 13.0. The minimum Gasteiger partial charge on any atom is -0.491 e. The molecular formula is C28H24Cl2N2O5S. The van der Waals surface area contributed by atoms with Crippen molar-refractivity contribution in [2.45, 2.75) is 13.8 Å². The molecule has 1 heterocycles. The fraction of sp³-hybridized carbons (Fsp3) is 0.179. The summed E-state index contributed by atoms with van der Waals surface area (Å²) < 4.78 is 11.5. The third-order valence-corrected chi connectivity index (χ3v) is 6.93. The molecule has 1 saturated heterocycles. The Balaban J connectivity index is 1.40. The van der Waals surface area contributed by atoms with Gasteiger partial charge < -0.3 is 14.8 Å². The number of aryl methyl sites for hydroxylation is 2. The second kappa shape index (κ2) is 12.4. The van der Waals surface area contributed by atoms with Crippen LogP contribution in [0, 0.1) is 13.8 Å². The quantitative estimate of drug-likeness (QED) is 0.286. The number of nitrogens with one attached hydrogen (secondary N) is 1. The van der Waals surface area contributed by atoms with Crippen LogP contribution in [0.2, 0.25) is 10.0 Å². The Hall–Kier alpha value is -3.46. The van der Waals surface area contributed by atoms with Crippen molar-refractivity contribution in [2.24, 2.45) is 0 Å². The smallest absolute Gasteiger partial charge is 0.293 e. The third kappa shape index (κ3) is 7.10. The predicted molar refractivity (Wildman–Crippen MR) is 151 cm³/mol. The van der Waals surface area contributed by atoms with Gasteiger partial charge in [-0.05, 0) is 91.3 Å². The Kier molecular flexibility index (Phi) is 8.99. The number of ether oxygens (including phenoxy) is 2. The molecule has 1 fully saturated rings. The minimum atomic E-state index is -0.434. The highest BCUT2D eigenvalue weighted by Crippen LogP contribution is 2.35. The Morgan fingerprint density at radius 3 is 2.45 bits per heavy atom. The average Bonchev–Trinajstić information content (AvgIpc) is 3.14. The zero-order valence-corrected chi connectivity index (χ0v) is 23.0. The first kappa shape index (κ1) is 27.6. The maximum atomic E-state index is 13.0. The molecule has 196 valence electrons. The van der Waals surface area contributed by atoms with Gasteiger partial charge in [0.25, 0.3) is 17.1 Å². The lowest BCUT2D eigenvalue weighted by Crippen LogP contribution is -2.32. The van der Waals surface area contributed by atoms with Crippen molar-refractivity contribution in [3.05, 3.63) is 92.3 Å². The van der Waals surface area contributed by atoms with Crippen LogP contribution in [0.5, 0.6) is 11.5 Å². The molecule has 0 spiro atoms. The number of hydrogen-bond donors (Lipinski definition) is 1. The van der Waals surface area contributed by atoms with Gasteiger partial charge in [-0.2, -0.15) is 0 Å². The van der Waals surface area contributed by atoms with Gasteiger partial charge in [0, 0.05) is 21.3 Å². The van der Waals surface area contributed by atoms with E-state index in [-0.39, 0.29) is 30.6 Å². The van der Waals surface area contributed by atoms with Crippen molar-refractivity contribution in [1.82, 2.24) is 4.90 Å². The molecule has 1 aliphatic rings. The summed E-state index contributed by atoms with van der Waals surface area (Å²) in [6.45, 7) is 3.91. The number of halogens is 2. The summed E-state index contributed by atoms with van der Waals surface area (Å²) >= 11 is 12.9. The normalized spacial score (nSPS) is 14.2. The van der Waals surface area contributed by atoms with E-state index in [4.69, 9.17) is 32.7 Å². The lowest BCUT2D eigenvalue weighted by Gasteiger charge is -2.14. The van der Waals surface area contributed by atoms with Gasteiger partial charge in [0.05, 0.1) is 11.4 Å². The number of carbonyl (C=O) groups is 3. The van der Waals surface area contributed by atoms with Gasteiger partial charge in [0.2, 0.25) is 0 Å². The summed E-state index contributed by atoms with van der Waals surface area (Å²) in [6.07, 6.45) is 1.54. The molecule has 4 rings (SSSR count). The summed E-state index contributed by atoms with van der Waals surface area (Å²) in [5.41, 5.74) is 3.07. The first-order chi connectivity index (χ1) is 18.2. The van der Waals surface area contributed by atoms with E-state index in [1.54, 1.807) is 42.5 Å². The van der Waals surface area contributed by atoms with Crippen molar-refractivity contribution in [1.29, 1.82) is 0 Å². The van der Waals surface area contributed by atoms with Gasteiger partial charge in [-0.25, -0.2) is 0 Å². The van der Waals surface area contributed by atoms with E-state index in [2.05, 4.69) is 5.32 Å². The molecule has 0 unspecified atom stereocenters. The maximum Gasteiger partial charge on any atom is 0.293 e. The van der Waals surface area contributed by atoms with Gasteiger partial charge in [0.1, 0.15) is 18.1 Å². The predicted octanol–water partition coefficient (Wildman–Crippen LogP) is 6.74. The van der Waals surface area contributed by atoms with Crippen molar-refractivity contribution in [3.63, 3.8) is 0 Å². The zero-order valence-electron chi connectivity index (χ0n) is 20.6. The van der Waals surface area contributed by atoms with E-state index < -0.39 is 11.1 Å². The molecule has 1 aliphatic heterocycles. The molecule has 0 radical (unpaired) electrons. The largest absolute Gasteiger partial charge is 0.491 e. The van der Waals surface area contributed by atoms with Crippen LogP contribution < -0.4 is 14.8 Å². The topological polar surface area (TPSA) is 84.9 Å². The molecule has 0 bridgehead atoms. The second-order valence-corrected chi connectivity index (χ2v) is 10.3. The number of rotatable bonds is 9. The van der Waals surface area contributed by atoms with Crippen LogP contribution in [-0.4, -0.2) is 41.7 Å². The zero-order chi connectivity index (χ0) is 27.2. The highest BCUT2D eigenvalue weighted by molar-refractivity contribution is 8.18. The van der Waals surface area contributed by atoms with Gasteiger partial charge in [0.15, 0.2) is 6.61 Å². The van der Waals surface area contributed by atoms with Crippen molar-refractivity contribution < 1.29 is 23.9 Å². The number of nitrogens with zero attached hydrogens (tertiary/aromatic N) is 1. The fourth-order valence-corrected chi connectivity index (χ4v) is 4.74. The van der Waals surface area contributed by atoms with Crippen molar-refractivity contribution >= 4 is 63.8 Å². The Morgan fingerprint density at radius 1 is 0.947 bits per heavy atom. The van der Waals surface area contributed by atoms with Crippen molar-refractivity contribution in [3.8, 4) is 11.5 Å². The summed E-state index contributed by atoms with van der Waals surface area (Å²) in [4.78, 5) is 39.3. The number of hydrogen-bond acceptors (Lipinski definition) is 6. The number of imide groups is 1.